The minimum Gasteiger partial charge on any atom is -1.00 e. The van der Waals surface area contributed by atoms with Crippen molar-refractivity contribution in [2.45, 2.75) is 53.1 Å². The molecule has 2 aliphatic carbocycles. The van der Waals surface area contributed by atoms with Gasteiger partial charge in [-0.1, -0.05) is 0 Å². The summed E-state index contributed by atoms with van der Waals surface area (Å²) in [6.07, 6.45) is 3.65. The summed E-state index contributed by atoms with van der Waals surface area (Å²) in [5, 5.41) is 10.6. The van der Waals surface area contributed by atoms with E-state index in [1.54, 1.807) is 0 Å². The number of halogens is 1. The van der Waals surface area contributed by atoms with E-state index in [-0.39, 0.29) is 23.9 Å². The summed E-state index contributed by atoms with van der Waals surface area (Å²) in [5.41, 5.74) is 2.11. The van der Waals surface area contributed by atoms with Crippen LogP contribution in [0.1, 0.15) is 38.7 Å². The van der Waals surface area contributed by atoms with Crippen LogP contribution in [0.3, 0.4) is 0 Å². The van der Waals surface area contributed by atoms with Crippen LogP contribution in [0.2, 0.25) is 9.44 Å². The van der Waals surface area contributed by atoms with Gasteiger partial charge in [0.05, 0.1) is 0 Å². The van der Waals surface area contributed by atoms with Crippen molar-refractivity contribution in [2.24, 2.45) is 16.7 Å². The van der Waals surface area contributed by atoms with Gasteiger partial charge in [-0.25, -0.2) is 0 Å². The molecule has 0 heterocycles. The molecular weight excluding hydrogens is 395 g/mol. The van der Waals surface area contributed by atoms with E-state index in [1.807, 2.05) is 0 Å². The molecule has 21 heavy (non-hydrogen) atoms. The van der Waals surface area contributed by atoms with Crippen molar-refractivity contribution in [2.75, 3.05) is 0 Å². The van der Waals surface area contributed by atoms with Gasteiger partial charge in [0.2, 0.25) is 0 Å². The number of hydrogen-bond donors (Lipinski definition) is 1. The summed E-state index contributed by atoms with van der Waals surface area (Å²) in [6, 6.07) is 10.9. The SMILES string of the molecule is C[Te+](Cc1ccccc1)CC12CCC(CC1O)C2(C)C.[Cl-]. The molecule has 3 rings (SSSR count). The van der Waals surface area contributed by atoms with Crippen molar-refractivity contribution in [3.63, 3.8) is 0 Å². The van der Waals surface area contributed by atoms with Crippen molar-refractivity contribution < 1.29 is 17.5 Å². The van der Waals surface area contributed by atoms with Crippen LogP contribution < -0.4 is 12.4 Å². The molecule has 1 aromatic carbocycles. The number of benzene rings is 1. The number of rotatable bonds is 4. The van der Waals surface area contributed by atoms with Gasteiger partial charge < -0.3 is 12.4 Å². The zero-order chi connectivity index (χ0) is 14.4. The number of aliphatic hydroxyl groups is 1. The third-order valence-corrected chi connectivity index (χ3v) is 11.4. The molecule has 1 nitrogen and oxygen atoms in total. The molecule has 0 aromatic heterocycles. The molecular formula is C18H27ClOTe. The van der Waals surface area contributed by atoms with Crippen LogP contribution in [-0.2, 0) is 4.47 Å². The molecule has 3 atom stereocenters. The number of hydrogen-bond acceptors (Lipinski definition) is 1. The van der Waals surface area contributed by atoms with E-state index in [0.717, 1.165) is 12.3 Å². The second-order valence-electron chi connectivity index (χ2n) is 7.42. The Morgan fingerprint density at radius 2 is 1.90 bits per heavy atom. The Hall–Kier alpha value is 0.260. The van der Waals surface area contributed by atoms with E-state index in [4.69, 9.17) is 0 Å². The summed E-state index contributed by atoms with van der Waals surface area (Å²) in [6.45, 7) is 4.85. The van der Waals surface area contributed by atoms with Crippen LogP contribution in [0.25, 0.3) is 0 Å². The van der Waals surface area contributed by atoms with Gasteiger partial charge in [0, 0.05) is 0 Å². The van der Waals surface area contributed by atoms with Crippen molar-refractivity contribution in [1.82, 2.24) is 0 Å². The van der Waals surface area contributed by atoms with Crippen LogP contribution in [0.15, 0.2) is 30.3 Å². The Bertz CT molecular complexity index is 475. The smallest absolute Gasteiger partial charge is 1.00 e. The first-order valence-corrected chi connectivity index (χ1v) is 13.4. The van der Waals surface area contributed by atoms with E-state index in [1.165, 1.54) is 27.3 Å². The van der Waals surface area contributed by atoms with E-state index in [2.05, 4.69) is 49.2 Å². The maximum atomic E-state index is 10.6. The van der Waals surface area contributed by atoms with E-state index in [0.29, 0.717) is 5.41 Å². The third-order valence-electron chi connectivity index (χ3n) is 6.15. The first-order valence-electron chi connectivity index (χ1n) is 7.77. The third kappa shape index (κ3) is 2.90. The van der Waals surface area contributed by atoms with Crippen LogP contribution in [0.5, 0.6) is 0 Å². The summed E-state index contributed by atoms with van der Waals surface area (Å²) < 4.78 is 2.65. The first-order chi connectivity index (χ1) is 9.46. The standard InChI is InChI=1S/C18H27OTe.ClH/c1-17(2)15-9-10-18(17,16(19)11-15)13-20(3)12-14-7-5-4-6-8-14;/h4-8,15-16,19H,9-13H2,1-3H3;1H/q+1;/p-1. The van der Waals surface area contributed by atoms with Gasteiger partial charge in [0.25, 0.3) is 0 Å². The van der Waals surface area contributed by atoms with Crippen LogP contribution in [0.4, 0.5) is 0 Å². The average Bonchev–Trinajstić information content (AvgIpc) is 2.74. The van der Waals surface area contributed by atoms with Crippen LogP contribution in [-0.4, -0.2) is 30.8 Å². The van der Waals surface area contributed by atoms with Crippen molar-refractivity contribution in [3.05, 3.63) is 35.9 Å². The fourth-order valence-electron chi connectivity index (χ4n) is 4.73. The van der Waals surface area contributed by atoms with Gasteiger partial charge in [-0.3, -0.25) is 0 Å². The largest absolute Gasteiger partial charge is 1.00 e. The monoisotopic (exact) mass is 424 g/mol. The van der Waals surface area contributed by atoms with Crippen molar-refractivity contribution in [1.29, 1.82) is 0 Å². The molecule has 2 bridgehead atoms. The molecule has 1 aromatic rings. The average molecular weight is 422 g/mol. The Balaban J connectivity index is 0.00000161. The van der Waals surface area contributed by atoms with Crippen molar-refractivity contribution in [3.8, 4) is 0 Å². The minimum absolute atomic E-state index is 0. The zero-order valence-electron chi connectivity index (χ0n) is 13.3. The predicted octanol–water partition coefficient (Wildman–Crippen LogP) is 1.08. The van der Waals surface area contributed by atoms with E-state index in [9.17, 15) is 5.11 Å². The minimum atomic E-state index is -1.15. The Kier molecular flexibility index (Phi) is 5.37. The maximum Gasteiger partial charge on any atom is -1.00 e. The summed E-state index contributed by atoms with van der Waals surface area (Å²) in [4.78, 5) is 2.53. The van der Waals surface area contributed by atoms with E-state index >= 15 is 0 Å². The van der Waals surface area contributed by atoms with Crippen LogP contribution in [0, 0.1) is 16.7 Å². The molecule has 2 aliphatic rings. The fourth-order valence-corrected chi connectivity index (χ4v) is 11.7. The topological polar surface area (TPSA) is 20.2 Å². The van der Waals surface area contributed by atoms with Gasteiger partial charge in [0.15, 0.2) is 0 Å². The van der Waals surface area contributed by atoms with Gasteiger partial charge in [-0.05, 0) is 0 Å². The van der Waals surface area contributed by atoms with Gasteiger partial charge >= 0.3 is 130 Å². The molecule has 2 saturated carbocycles. The molecule has 3 heteroatoms. The summed E-state index contributed by atoms with van der Waals surface area (Å²) in [5.74, 6) is 0.765. The van der Waals surface area contributed by atoms with Crippen molar-refractivity contribution >= 4 is 19.6 Å². The predicted molar refractivity (Wildman–Crippen MR) is 86.1 cm³/mol. The number of fused-ring (bicyclic) bond motifs is 2. The van der Waals surface area contributed by atoms with Gasteiger partial charge in [-0.15, -0.1) is 0 Å². The summed E-state index contributed by atoms with van der Waals surface area (Å²) in [7, 11) is 0. The Morgan fingerprint density at radius 3 is 2.43 bits per heavy atom. The maximum absolute atomic E-state index is 10.6. The van der Waals surface area contributed by atoms with Gasteiger partial charge in [0.1, 0.15) is 0 Å². The Labute approximate surface area is 142 Å². The number of aliphatic hydroxyl groups excluding tert-OH is 1. The molecule has 0 saturated heterocycles. The Morgan fingerprint density at radius 1 is 1.24 bits per heavy atom. The normalized spacial score (nSPS) is 33.2. The van der Waals surface area contributed by atoms with E-state index < -0.39 is 19.6 Å². The zero-order valence-corrected chi connectivity index (χ0v) is 16.4. The molecule has 1 N–H and O–H groups in total. The second kappa shape index (κ2) is 6.40. The van der Waals surface area contributed by atoms with Crippen LogP contribution >= 0.6 is 0 Å². The summed E-state index contributed by atoms with van der Waals surface area (Å²) >= 11 is -1.15. The molecule has 118 valence electrons. The van der Waals surface area contributed by atoms with Gasteiger partial charge in [-0.2, -0.15) is 0 Å². The quantitative estimate of drug-likeness (QED) is 0.721. The molecule has 0 spiro atoms. The first kappa shape index (κ1) is 17.6. The molecule has 0 amide bonds. The fraction of sp³-hybridized carbons (Fsp3) is 0.667. The molecule has 0 aliphatic heterocycles. The second-order valence-corrected chi connectivity index (χ2v) is 13.5. The molecule has 0 radical (unpaired) electrons. The molecule has 3 unspecified atom stereocenters. The molecule has 2 fully saturated rings.